The standard InChI is InChI=1S/C14H15N3O6/c15-17(11(20)8-4-2-1-3-5-8)13(23)14(16-7-10(18)19)6-9(14)12(21)22/h1-5,9,16H,6-7,15H2,(H,18,19)(H,21,22). The molecule has 2 unspecified atom stereocenters. The molecule has 1 saturated carbocycles. The van der Waals surface area contributed by atoms with Crippen LogP contribution in [-0.2, 0) is 14.4 Å². The summed E-state index contributed by atoms with van der Waals surface area (Å²) in [5.41, 5.74) is -1.52. The Balaban J connectivity index is 2.19. The second kappa shape index (κ2) is 6.15. The van der Waals surface area contributed by atoms with Gasteiger partial charge >= 0.3 is 11.9 Å². The van der Waals surface area contributed by atoms with Crippen LogP contribution in [0.1, 0.15) is 16.8 Å². The lowest BCUT2D eigenvalue weighted by Gasteiger charge is -2.22. The predicted octanol–water partition coefficient (Wildman–Crippen LogP) is -0.953. The van der Waals surface area contributed by atoms with Gasteiger partial charge in [-0.1, -0.05) is 18.2 Å². The van der Waals surface area contributed by atoms with Crippen molar-refractivity contribution in [1.82, 2.24) is 10.3 Å². The summed E-state index contributed by atoms with van der Waals surface area (Å²) in [7, 11) is 0. The van der Waals surface area contributed by atoms with Crippen LogP contribution in [0.25, 0.3) is 0 Å². The number of nitrogens with zero attached hydrogens (tertiary/aromatic N) is 1. The minimum atomic E-state index is -1.68. The van der Waals surface area contributed by atoms with Gasteiger partial charge in [0.2, 0.25) is 0 Å². The van der Waals surface area contributed by atoms with Gasteiger partial charge in [-0.15, -0.1) is 0 Å². The third-order valence-corrected chi connectivity index (χ3v) is 3.65. The minimum absolute atomic E-state index is 0.135. The number of rotatable bonds is 6. The molecule has 1 fully saturated rings. The normalized spacial score (nSPS) is 22.2. The average molecular weight is 321 g/mol. The summed E-state index contributed by atoms with van der Waals surface area (Å²) in [6, 6.07) is 7.75. The lowest BCUT2D eigenvalue weighted by molar-refractivity contribution is -0.143. The van der Waals surface area contributed by atoms with Gasteiger partial charge in [-0.05, 0) is 18.6 Å². The van der Waals surface area contributed by atoms with Crippen molar-refractivity contribution in [3.8, 4) is 0 Å². The zero-order chi connectivity index (χ0) is 17.2. The Labute approximate surface area is 130 Å². The fourth-order valence-electron chi connectivity index (χ4n) is 2.33. The fraction of sp³-hybridized carbons (Fsp3) is 0.286. The summed E-state index contributed by atoms with van der Waals surface area (Å²) in [4.78, 5) is 46.4. The lowest BCUT2D eigenvalue weighted by Crippen LogP contribution is -2.56. The molecule has 9 nitrogen and oxygen atoms in total. The van der Waals surface area contributed by atoms with Gasteiger partial charge in [-0.2, -0.15) is 0 Å². The van der Waals surface area contributed by atoms with Crippen molar-refractivity contribution in [3.05, 3.63) is 35.9 Å². The van der Waals surface area contributed by atoms with Crippen molar-refractivity contribution in [2.45, 2.75) is 12.0 Å². The lowest BCUT2D eigenvalue weighted by atomic mass is 10.1. The summed E-state index contributed by atoms with van der Waals surface area (Å²) in [6.45, 7) is -0.622. The van der Waals surface area contributed by atoms with E-state index in [1.54, 1.807) is 18.2 Å². The first-order valence-corrected chi connectivity index (χ1v) is 6.68. The van der Waals surface area contributed by atoms with Crippen LogP contribution in [0.4, 0.5) is 0 Å². The molecule has 5 N–H and O–H groups in total. The third-order valence-electron chi connectivity index (χ3n) is 3.65. The van der Waals surface area contributed by atoms with Crippen molar-refractivity contribution in [2.24, 2.45) is 11.8 Å². The van der Waals surface area contributed by atoms with E-state index in [1.807, 2.05) is 0 Å². The van der Waals surface area contributed by atoms with Crippen molar-refractivity contribution in [2.75, 3.05) is 6.54 Å². The molecule has 122 valence electrons. The molecule has 0 aromatic heterocycles. The highest BCUT2D eigenvalue weighted by Crippen LogP contribution is 2.44. The Morgan fingerprint density at radius 3 is 2.30 bits per heavy atom. The van der Waals surface area contributed by atoms with E-state index in [2.05, 4.69) is 5.32 Å². The Hall–Kier alpha value is -2.78. The number of hydrazine groups is 1. The number of benzene rings is 1. The van der Waals surface area contributed by atoms with E-state index in [9.17, 15) is 19.2 Å². The molecule has 0 heterocycles. The van der Waals surface area contributed by atoms with Crippen molar-refractivity contribution >= 4 is 23.8 Å². The molecule has 1 aromatic rings. The molecule has 1 aliphatic carbocycles. The van der Waals surface area contributed by atoms with E-state index in [-0.39, 0.29) is 12.0 Å². The third kappa shape index (κ3) is 3.20. The molecule has 2 atom stereocenters. The highest BCUT2D eigenvalue weighted by atomic mass is 16.4. The number of carboxylic acids is 2. The van der Waals surface area contributed by atoms with Crippen LogP contribution in [0.3, 0.4) is 0 Å². The van der Waals surface area contributed by atoms with E-state index in [1.165, 1.54) is 12.1 Å². The summed E-state index contributed by atoms with van der Waals surface area (Å²) >= 11 is 0. The zero-order valence-electron chi connectivity index (χ0n) is 11.9. The second-order valence-corrected chi connectivity index (χ2v) is 5.16. The number of nitrogens with two attached hydrogens (primary N) is 1. The molecule has 1 aliphatic rings. The maximum Gasteiger partial charge on any atom is 0.317 e. The predicted molar refractivity (Wildman–Crippen MR) is 75.9 cm³/mol. The summed E-state index contributed by atoms with van der Waals surface area (Å²) in [6.07, 6.45) is -0.135. The SMILES string of the molecule is NN(C(=O)c1ccccc1)C(=O)C1(NCC(=O)O)CC1C(=O)O. The number of carbonyl (C=O) groups excluding carboxylic acids is 2. The van der Waals surface area contributed by atoms with Gasteiger partial charge in [0.15, 0.2) is 0 Å². The molecule has 2 amide bonds. The summed E-state index contributed by atoms with van der Waals surface area (Å²) in [5.74, 6) is 0.106. The molecular weight excluding hydrogens is 306 g/mol. The molecule has 0 spiro atoms. The second-order valence-electron chi connectivity index (χ2n) is 5.16. The van der Waals surface area contributed by atoms with E-state index in [0.29, 0.717) is 5.01 Å². The zero-order valence-corrected chi connectivity index (χ0v) is 11.9. The number of amides is 2. The van der Waals surface area contributed by atoms with E-state index in [4.69, 9.17) is 16.1 Å². The number of imide groups is 1. The van der Waals surface area contributed by atoms with Crippen LogP contribution < -0.4 is 11.2 Å². The number of nitrogens with one attached hydrogen (secondary N) is 1. The first-order valence-electron chi connectivity index (χ1n) is 6.68. The molecule has 0 aliphatic heterocycles. The van der Waals surface area contributed by atoms with Gasteiger partial charge in [0, 0.05) is 5.56 Å². The molecule has 1 aromatic carbocycles. The minimum Gasteiger partial charge on any atom is -0.481 e. The molecule has 23 heavy (non-hydrogen) atoms. The van der Waals surface area contributed by atoms with Gasteiger partial charge in [0.25, 0.3) is 11.8 Å². The highest BCUT2D eigenvalue weighted by molar-refractivity contribution is 6.09. The Bertz CT molecular complexity index is 662. The maximum atomic E-state index is 12.4. The fourth-order valence-corrected chi connectivity index (χ4v) is 2.33. The quantitative estimate of drug-likeness (QED) is 0.226. The molecule has 0 bridgehead atoms. The van der Waals surface area contributed by atoms with Crippen LogP contribution >= 0.6 is 0 Å². The average Bonchev–Trinajstić information content (AvgIpc) is 3.28. The Kier molecular flexibility index (Phi) is 4.43. The van der Waals surface area contributed by atoms with Gasteiger partial charge in [0.05, 0.1) is 12.5 Å². The van der Waals surface area contributed by atoms with Crippen LogP contribution in [0.5, 0.6) is 0 Å². The van der Waals surface area contributed by atoms with Gasteiger partial charge in [-0.3, -0.25) is 24.5 Å². The molecule has 0 radical (unpaired) electrons. The van der Waals surface area contributed by atoms with Gasteiger partial charge in [0.1, 0.15) is 5.54 Å². The molecule has 9 heteroatoms. The van der Waals surface area contributed by atoms with E-state index < -0.39 is 41.8 Å². The smallest absolute Gasteiger partial charge is 0.317 e. The maximum absolute atomic E-state index is 12.4. The van der Waals surface area contributed by atoms with E-state index >= 15 is 0 Å². The number of hydrogen-bond acceptors (Lipinski definition) is 6. The Morgan fingerprint density at radius 1 is 1.22 bits per heavy atom. The van der Waals surface area contributed by atoms with Crippen molar-refractivity contribution in [1.29, 1.82) is 0 Å². The van der Waals surface area contributed by atoms with Gasteiger partial charge < -0.3 is 10.2 Å². The highest BCUT2D eigenvalue weighted by Gasteiger charge is 2.65. The number of carbonyl (C=O) groups is 4. The Morgan fingerprint density at radius 2 is 1.83 bits per heavy atom. The summed E-state index contributed by atoms with van der Waals surface area (Å²) < 4.78 is 0. The molecular formula is C14H15N3O6. The van der Waals surface area contributed by atoms with Crippen molar-refractivity contribution < 1.29 is 29.4 Å². The van der Waals surface area contributed by atoms with E-state index in [0.717, 1.165) is 0 Å². The largest absolute Gasteiger partial charge is 0.481 e. The number of aliphatic carboxylic acids is 2. The molecule has 0 saturated heterocycles. The van der Waals surface area contributed by atoms with Crippen LogP contribution in [0.15, 0.2) is 30.3 Å². The van der Waals surface area contributed by atoms with Crippen LogP contribution in [0.2, 0.25) is 0 Å². The number of hydrogen-bond donors (Lipinski definition) is 4. The van der Waals surface area contributed by atoms with Crippen LogP contribution in [-0.4, -0.2) is 51.1 Å². The van der Waals surface area contributed by atoms with Gasteiger partial charge in [-0.25, -0.2) is 10.9 Å². The first-order chi connectivity index (χ1) is 10.8. The number of carboxylic acid groups (broad SMARTS) is 2. The van der Waals surface area contributed by atoms with Crippen molar-refractivity contribution in [3.63, 3.8) is 0 Å². The van der Waals surface area contributed by atoms with Crippen LogP contribution in [0, 0.1) is 5.92 Å². The first kappa shape index (κ1) is 16.6. The monoisotopic (exact) mass is 321 g/mol. The molecule has 2 rings (SSSR count). The summed E-state index contributed by atoms with van der Waals surface area (Å²) in [5, 5.41) is 20.5. The topological polar surface area (TPSA) is 150 Å².